The first-order valence-electron chi connectivity index (χ1n) is 6.97. The molecule has 0 bridgehead atoms. The van der Waals surface area contributed by atoms with Gasteiger partial charge in [-0.1, -0.05) is 35.9 Å². The number of nitriles is 1. The summed E-state index contributed by atoms with van der Waals surface area (Å²) in [4.78, 5) is 11.9. The van der Waals surface area contributed by atoms with E-state index in [4.69, 9.17) is 4.74 Å². The zero-order valence-electron chi connectivity index (χ0n) is 12.9. The molecule has 0 aliphatic heterocycles. The van der Waals surface area contributed by atoms with Crippen LogP contribution in [0.4, 0.5) is 0 Å². The maximum absolute atomic E-state index is 11.9. The van der Waals surface area contributed by atoms with Crippen LogP contribution in [0, 0.1) is 32.1 Å². The predicted octanol–water partition coefficient (Wildman–Crippen LogP) is 4.33. The summed E-state index contributed by atoms with van der Waals surface area (Å²) < 4.78 is 5.15. The second kappa shape index (κ2) is 6.73. The Balaban J connectivity index is 2.30. The van der Waals surface area contributed by atoms with Crippen LogP contribution in [-0.2, 0) is 4.74 Å². The zero-order chi connectivity index (χ0) is 16.1. The standard InChI is InChI=1S/C19H17NO2/c1-13-9-14(2)18(15(3)10-13)17(11-20)12-22-19(21)16-7-5-4-6-8-16/h4-10,12H,1-3H3/b17-12+. The number of allylic oxidation sites excluding steroid dienone is 1. The van der Waals surface area contributed by atoms with Gasteiger partial charge in [0.1, 0.15) is 12.3 Å². The molecule has 0 spiro atoms. The first-order chi connectivity index (χ1) is 10.5. The van der Waals surface area contributed by atoms with Crippen molar-refractivity contribution in [2.75, 3.05) is 0 Å². The van der Waals surface area contributed by atoms with Gasteiger partial charge in [0.15, 0.2) is 0 Å². The van der Waals surface area contributed by atoms with Crippen molar-refractivity contribution in [3.8, 4) is 6.07 Å². The first kappa shape index (κ1) is 15.5. The van der Waals surface area contributed by atoms with Crippen LogP contribution in [-0.4, -0.2) is 5.97 Å². The number of esters is 1. The lowest BCUT2D eigenvalue weighted by Gasteiger charge is -2.10. The number of nitrogens with zero attached hydrogens (tertiary/aromatic N) is 1. The monoisotopic (exact) mass is 291 g/mol. The van der Waals surface area contributed by atoms with Crippen LogP contribution in [0.3, 0.4) is 0 Å². The molecule has 22 heavy (non-hydrogen) atoms. The van der Waals surface area contributed by atoms with Crippen molar-refractivity contribution in [2.45, 2.75) is 20.8 Å². The van der Waals surface area contributed by atoms with Gasteiger partial charge < -0.3 is 4.74 Å². The molecule has 0 radical (unpaired) electrons. The fourth-order valence-electron chi connectivity index (χ4n) is 2.50. The maximum atomic E-state index is 11.9. The van der Waals surface area contributed by atoms with Crippen molar-refractivity contribution in [1.82, 2.24) is 0 Å². The molecule has 0 heterocycles. The Kier molecular flexibility index (Phi) is 4.75. The number of aryl methyl sites for hydroxylation is 3. The number of carbonyl (C=O) groups is 1. The van der Waals surface area contributed by atoms with Gasteiger partial charge >= 0.3 is 5.97 Å². The van der Waals surface area contributed by atoms with Crippen LogP contribution in [0.2, 0.25) is 0 Å². The molecule has 0 aromatic heterocycles. The van der Waals surface area contributed by atoms with Crippen molar-refractivity contribution in [2.24, 2.45) is 0 Å². The number of benzene rings is 2. The van der Waals surface area contributed by atoms with Crippen LogP contribution in [0.15, 0.2) is 48.7 Å². The summed E-state index contributed by atoms with van der Waals surface area (Å²) in [5, 5.41) is 9.37. The topological polar surface area (TPSA) is 50.1 Å². The van der Waals surface area contributed by atoms with Crippen LogP contribution in [0.25, 0.3) is 5.57 Å². The largest absolute Gasteiger partial charge is 0.429 e. The lowest BCUT2D eigenvalue weighted by Crippen LogP contribution is -2.01. The average Bonchev–Trinajstić information content (AvgIpc) is 2.50. The minimum absolute atomic E-state index is 0.347. The Labute approximate surface area is 130 Å². The summed E-state index contributed by atoms with van der Waals surface area (Å²) >= 11 is 0. The van der Waals surface area contributed by atoms with E-state index in [0.29, 0.717) is 11.1 Å². The van der Waals surface area contributed by atoms with Gasteiger partial charge in [0, 0.05) is 5.56 Å². The zero-order valence-corrected chi connectivity index (χ0v) is 12.9. The molecule has 0 saturated heterocycles. The summed E-state index contributed by atoms with van der Waals surface area (Å²) in [6.45, 7) is 5.90. The lowest BCUT2D eigenvalue weighted by atomic mass is 9.95. The number of hydrogen-bond acceptors (Lipinski definition) is 3. The Morgan fingerprint density at radius 1 is 1.09 bits per heavy atom. The molecule has 0 saturated carbocycles. The molecule has 110 valence electrons. The van der Waals surface area contributed by atoms with E-state index in [1.165, 1.54) is 6.26 Å². The highest BCUT2D eigenvalue weighted by atomic mass is 16.5. The second-order valence-electron chi connectivity index (χ2n) is 5.19. The number of ether oxygens (including phenoxy) is 1. The highest BCUT2D eigenvalue weighted by molar-refractivity contribution is 5.91. The van der Waals surface area contributed by atoms with E-state index >= 15 is 0 Å². The molecule has 0 unspecified atom stereocenters. The normalized spacial score (nSPS) is 10.9. The minimum atomic E-state index is -0.476. The van der Waals surface area contributed by atoms with E-state index in [-0.39, 0.29) is 0 Å². The van der Waals surface area contributed by atoms with Gasteiger partial charge in [0.05, 0.1) is 11.1 Å². The van der Waals surface area contributed by atoms with Gasteiger partial charge in [-0.2, -0.15) is 5.26 Å². The van der Waals surface area contributed by atoms with Crippen LogP contribution < -0.4 is 0 Å². The SMILES string of the molecule is Cc1cc(C)c(/C(C#N)=C/OC(=O)c2ccccc2)c(C)c1. The molecule has 3 heteroatoms. The molecule has 2 aromatic rings. The molecule has 2 aromatic carbocycles. The van der Waals surface area contributed by atoms with Gasteiger partial charge in [0.25, 0.3) is 0 Å². The van der Waals surface area contributed by atoms with Gasteiger partial charge in [-0.15, -0.1) is 0 Å². The van der Waals surface area contributed by atoms with E-state index in [2.05, 4.69) is 6.07 Å². The highest BCUT2D eigenvalue weighted by Gasteiger charge is 2.11. The Morgan fingerprint density at radius 2 is 1.68 bits per heavy atom. The van der Waals surface area contributed by atoms with Crippen molar-refractivity contribution >= 4 is 11.5 Å². The Bertz CT molecular complexity index is 745. The quantitative estimate of drug-likeness (QED) is 0.480. The van der Waals surface area contributed by atoms with Crippen LogP contribution in [0.5, 0.6) is 0 Å². The third-order valence-electron chi connectivity index (χ3n) is 3.36. The number of hydrogen-bond donors (Lipinski definition) is 0. The third kappa shape index (κ3) is 3.42. The van der Waals surface area contributed by atoms with E-state index in [0.717, 1.165) is 22.3 Å². The van der Waals surface area contributed by atoms with E-state index in [1.807, 2.05) is 39.0 Å². The first-order valence-corrected chi connectivity index (χ1v) is 6.97. The third-order valence-corrected chi connectivity index (χ3v) is 3.36. The fourth-order valence-corrected chi connectivity index (χ4v) is 2.50. The fraction of sp³-hybridized carbons (Fsp3) is 0.158. The van der Waals surface area contributed by atoms with Gasteiger partial charge in [0.2, 0.25) is 0 Å². The van der Waals surface area contributed by atoms with Crippen LogP contribution >= 0.6 is 0 Å². The molecular formula is C19H17NO2. The molecule has 0 amide bonds. The molecular weight excluding hydrogens is 274 g/mol. The Hall–Kier alpha value is -2.86. The van der Waals surface area contributed by atoms with Gasteiger partial charge in [-0.05, 0) is 44.0 Å². The highest BCUT2D eigenvalue weighted by Crippen LogP contribution is 2.24. The predicted molar refractivity (Wildman–Crippen MR) is 86.1 cm³/mol. The molecule has 0 atom stereocenters. The van der Waals surface area contributed by atoms with E-state index in [9.17, 15) is 10.1 Å². The van der Waals surface area contributed by atoms with Crippen molar-refractivity contribution in [3.63, 3.8) is 0 Å². The molecule has 0 aliphatic rings. The number of carbonyl (C=O) groups excluding carboxylic acids is 1. The van der Waals surface area contributed by atoms with Crippen molar-refractivity contribution < 1.29 is 9.53 Å². The van der Waals surface area contributed by atoms with Gasteiger partial charge in [-0.25, -0.2) is 4.79 Å². The molecule has 3 nitrogen and oxygen atoms in total. The molecule has 0 aliphatic carbocycles. The second-order valence-corrected chi connectivity index (χ2v) is 5.19. The number of rotatable bonds is 3. The van der Waals surface area contributed by atoms with Gasteiger partial charge in [-0.3, -0.25) is 0 Å². The van der Waals surface area contributed by atoms with Crippen LogP contribution in [0.1, 0.15) is 32.6 Å². The summed E-state index contributed by atoms with van der Waals surface area (Å²) in [6, 6.07) is 14.8. The summed E-state index contributed by atoms with van der Waals surface area (Å²) in [5.74, 6) is -0.476. The average molecular weight is 291 g/mol. The molecule has 0 fully saturated rings. The lowest BCUT2D eigenvalue weighted by molar-refractivity contribution is 0.0664. The molecule has 0 N–H and O–H groups in total. The van der Waals surface area contributed by atoms with E-state index in [1.54, 1.807) is 24.3 Å². The Morgan fingerprint density at radius 3 is 2.23 bits per heavy atom. The summed E-state index contributed by atoms with van der Waals surface area (Å²) in [6.07, 6.45) is 1.24. The maximum Gasteiger partial charge on any atom is 0.342 e. The minimum Gasteiger partial charge on any atom is -0.429 e. The summed E-state index contributed by atoms with van der Waals surface area (Å²) in [7, 11) is 0. The smallest absolute Gasteiger partial charge is 0.342 e. The van der Waals surface area contributed by atoms with E-state index < -0.39 is 5.97 Å². The molecule has 2 rings (SSSR count). The summed E-state index contributed by atoms with van der Waals surface area (Å²) in [5.41, 5.74) is 4.72. The van der Waals surface area contributed by atoms with Crippen molar-refractivity contribution in [1.29, 1.82) is 5.26 Å². The van der Waals surface area contributed by atoms with Crippen molar-refractivity contribution in [3.05, 3.63) is 76.5 Å².